The molecular weight excluding hydrogens is 392 g/mol. The van der Waals surface area contributed by atoms with Gasteiger partial charge < -0.3 is 10.2 Å². The van der Waals surface area contributed by atoms with Crippen LogP contribution in [0.3, 0.4) is 0 Å². The summed E-state index contributed by atoms with van der Waals surface area (Å²) in [5.41, 5.74) is 4.25. The zero-order valence-electron chi connectivity index (χ0n) is 21.8. The molecule has 3 fully saturated rings. The fourth-order valence-corrected chi connectivity index (χ4v) is 7.50. The molecule has 0 amide bonds. The van der Waals surface area contributed by atoms with Crippen LogP contribution in [0.5, 0.6) is 0 Å². The van der Waals surface area contributed by atoms with Crippen molar-refractivity contribution in [1.29, 1.82) is 0 Å². The van der Waals surface area contributed by atoms with Gasteiger partial charge in [-0.3, -0.25) is 0 Å². The first kappa shape index (κ1) is 25.8. The molecule has 0 aromatic heterocycles. The van der Waals surface area contributed by atoms with Crippen LogP contribution in [0.15, 0.2) is 34.9 Å². The molecule has 0 aliphatic heterocycles. The minimum atomic E-state index is -0.534. The number of aliphatic hydroxyl groups is 2. The number of rotatable bonds is 7. The predicted octanol–water partition coefficient (Wildman–Crippen LogP) is 7.76. The summed E-state index contributed by atoms with van der Waals surface area (Å²) in [7, 11) is 0. The SMILES string of the molecule is CC/C=C1\[C@H](C)C/C(=C\C=C2/CCC[C@@]3(C)C2CCC3[C@H](C)CCCC(C)(C)O)C[C@H]1O. The monoisotopic (exact) mass is 442 g/mol. The first-order valence-electron chi connectivity index (χ1n) is 13.5. The summed E-state index contributed by atoms with van der Waals surface area (Å²) >= 11 is 0. The summed E-state index contributed by atoms with van der Waals surface area (Å²) in [5.74, 6) is 2.74. The Morgan fingerprint density at radius 3 is 2.59 bits per heavy atom. The zero-order chi connectivity index (χ0) is 23.5. The van der Waals surface area contributed by atoms with E-state index in [9.17, 15) is 10.2 Å². The van der Waals surface area contributed by atoms with E-state index in [1.807, 2.05) is 13.8 Å². The second-order valence-electron chi connectivity index (χ2n) is 12.3. The minimum absolute atomic E-state index is 0.291. The average molecular weight is 443 g/mol. The Bertz CT molecular complexity index is 706. The molecule has 3 saturated carbocycles. The maximum Gasteiger partial charge on any atom is 0.0790 e. The third-order valence-electron chi connectivity index (χ3n) is 9.12. The Labute approximate surface area is 198 Å². The molecule has 3 aliphatic carbocycles. The highest BCUT2D eigenvalue weighted by Crippen LogP contribution is 2.60. The Morgan fingerprint density at radius 2 is 1.94 bits per heavy atom. The van der Waals surface area contributed by atoms with Crippen molar-refractivity contribution in [3.8, 4) is 0 Å². The van der Waals surface area contributed by atoms with Crippen LogP contribution in [0.25, 0.3) is 0 Å². The fourth-order valence-electron chi connectivity index (χ4n) is 7.50. The van der Waals surface area contributed by atoms with Crippen molar-refractivity contribution in [2.24, 2.45) is 29.1 Å². The lowest BCUT2D eigenvalue weighted by molar-refractivity contribution is 0.0596. The fraction of sp³-hybridized carbons (Fsp3) is 0.800. The van der Waals surface area contributed by atoms with Gasteiger partial charge in [0.2, 0.25) is 0 Å². The molecule has 0 aromatic rings. The molecule has 2 N–H and O–H groups in total. The molecule has 32 heavy (non-hydrogen) atoms. The van der Waals surface area contributed by atoms with Crippen LogP contribution in [-0.4, -0.2) is 21.9 Å². The topological polar surface area (TPSA) is 40.5 Å². The van der Waals surface area contributed by atoms with Gasteiger partial charge in [0.05, 0.1) is 11.7 Å². The van der Waals surface area contributed by atoms with Gasteiger partial charge in [-0.25, -0.2) is 0 Å². The lowest BCUT2D eigenvalue weighted by Gasteiger charge is -2.44. The van der Waals surface area contributed by atoms with Crippen molar-refractivity contribution in [2.75, 3.05) is 0 Å². The van der Waals surface area contributed by atoms with Gasteiger partial charge in [0.25, 0.3) is 0 Å². The molecule has 182 valence electrons. The molecule has 0 bridgehead atoms. The normalized spacial score (nSPS) is 38.4. The zero-order valence-corrected chi connectivity index (χ0v) is 21.8. The molecule has 0 saturated heterocycles. The van der Waals surface area contributed by atoms with Gasteiger partial charge in [-0.05, 0) is 106 Å². The average Bonchev–Trinajstić information content (AvgIpc) is 3.05. The smallest absolute Gasteiger partial charge is 0.0790 e. The van der Waals surface area contributed by atoms with Crippen LogP contribution in [-0.2, 0) is 0 Å². The summed E-state index contributed by atoms with van der Waals surface area (Å²) in [4.78, 5) is 0. The molecule has 0 aromatic carbocycles. The maximum absolute atomic E-state index is 10.6. The van der Waals surface area contributed by atoms with Gasteiger partial charge in [0.15, 0.2) is 0 Å². The first-order valence-corrected chi connectivity index (χ1v) is 13.5. The van der Waals surface area contributed by atoms with Crippen molar-refractivity contribution in [3.05, 3.63) is 34.9 Å². The minimum Gasteiger partial charge on any atom is -0.390 e. The maximum atomic E-state index is 10.6. The van der Waals surface area contributed by atoms with Gasteiger partial charge in [0.1, 0.15) is 0 Å². The van der Waals surface area contributed by atoms with Gasteiger partial charge in [-0.2, -0.15) is 0 Å². The quantitative estimate of drug-likeness (QED) is 0.395. The van der Waals surface area contributed by atoms with Crippen molar-refractivity contribution in [2.45, 2.75) is 124 Å². The molecule has 6 atom stereocenters. The van der Waals surface area contributed by atoms with E-state index in [4.69, 9.17) is 0 Å². The van der Waals surface area contributed by atoms with Crippen LogP contribution < -0.4 is 0 Å². The highest BCUT2D eigenvalue weighted by atomic mass is 16.3. The summed E-state index contributed by atoms with van der Waals surface area (Å²) in [5, 5.41) is 20.7. The van der Waals surface area contributed by atoms with E-state index in [-0.39, 0.29) is 6.10 Å². The molecular formula is C30H50O2. The van der Waals surface area contributed by atoms with E-state index in [0.29, 0.717) is 11.3 Å². The summed E-state index contributed by atoms with van der Waals surface area (Å²) in [6.07, 6.45) is 19.6. The molecule has 2 unspecified atom stereocenters. The number of hydrogen-bond donors (Lipinski definition) is 2. The van der Waals surface area contributed by atoms with Gasteiger partial charge in [0, 0.05) is 0 Å². The van der Waals surface area contributed by atoms with Gasteiger partial charge in [-0.1, -0.05) is 69.9 Å². The van der Waals surface area contributed by atoms with Crippen LogP contribution >= 0.6 is 0 Å². The van der Waals surface area contributed by atoms with Gasteiger partial charge in [-0.15, -0.1) is 0 Å². The third-order valence-corrected chi connectivity index (χ3v) is 9.12. The Morgan fingerprint density at radius 1 is 1.19 bits per heavy atom. The highest BCUT2D eigenvalue weighted by molar-refractivity contribution is 5.29. The molecule has 3 aliphatic rings. The number of aliphatic hydroxyl groups excluding tert-OH is 1. The summed E-state index contributed by atoms with van der Waals surface area (Å²) in [6.45, 7) is 13.3. The standard InChI is InChI=1S/C30H50O2/c1-7-10-25-22(3)19-23(20-28(25)31)13-14-24-12-9-18-30(6)26(15-16-27(24)30)21(2)11-8-17-29(4,5)32/h10,13-14,21-22,26-28,31-32H,7-9,11-12,15-20H2,1-6H3/b23-13+,24-14+,25-10+/t21-,22-,26?,27?,28-,30-/m1/s1. The second kappa shape index (κ2) is 10.6. The second-order valence-corrected chi connectivity index (χ2v) is 12.3. The van der Waals surface area contributed by atoms with Crippen LogP contribution in [0.2, 0.25) is 0 Å². The Hall–Kier alpha value is -0.860. The van der Waals surface area contributed by atoms with E-state index in [1.54, 1.807) is 5.57 Å². The molecule has 3 rings (SSSR count). The first-order chi connectivity index (χ1) is 15.0. The Balaban J connectivity index is 1.67. The largest absolute Gasteiger partial charge is 0.390 e. The van der Waals surface area contributed by atoms with Crippen LogP contribution in [0, 0.1) is 29.1 Å². The van der Waals surface area contributed by atoms with Crippen LogP contribution in [0.4, 0.5) is 0 Å². The van der Waals surface area contributed by atoms with Crippen molar-refractivity contribution in [3.63, 3.8) is 0 Å². The number of allylic oxidation sites excluding steroid dienone is 4. The molecule has 2 nitrogen and oxygen atoms in total. The lowest BCUT2D eigenvalue weighted by Crippen LogP contribution is -2.36. The lowest BCUT2D eigenvalue weighted by atomic mass is 9.60. The van der Waals surface area contributed by atoms with E-state index in [2.05, 4.69) is 45.9 Å². The molecule has 2 heteroatoms. The van der Waals surface area contributed by atoms with E-state index >= 15 is 0 Å². The predicted molar refractivity (Wildman–Crippen MR) is 136 cm³/mol. The molecule has 0 radical (unpaired) electrons. The van der Waals surface area contributed by atoms with Crippen molar-refractivity contribution in [1.82, 2.24) is 0 Å². The summed E-state index contributed by atoms with van der Waals surface area (Å²) in [6, 6.07) is 0. The van der Waals surface area contributed by atoms with E-state index < -0.39 is 5.60 Å². The van der Waals surface area contributed by atoms with Crippen LogP contribution in [0.1, 0.15) is 112 Å². The number of hydrogen-bond acceptors (Lipinski definition) is 2. The highest BCUT2D eigenvalue weighted by Gasteiger charge is 2.50. The van der Waals surface area contributed by atoms with Gasteiger partial charge >= 0.3 is 0 Å². The summed E-state index contributed by atoms with van der Waals surface area (Å²) < 4.78 is 0. The van der Waals surface area contributed by atoms with Crippen molar-refractivity contribution < 1.29 is 10.2 Å². The molecule has 0 spiro atoms. The van der Waals surface area contributed by atoms with E-state index in [0.717, 1.165) is 49.9 Å². The molecule has 0 heterocycles. The van der Waals surface area contributed by atoms with Crippen molar-refractivity contribution >= 4 is 0 Å². The third kappa shape index (κ3) is 5.98. The Kier molecular flexibility index (Phi) is 8.53. The van der Waals surface area contributed by atoms with E-state index in [1.165, 1.54) is 49.7 Å². The number of fused-ring (bicyclic) bond motifs is 1.